The summed E-state index contributed by atoms with van der Waals surface area (Å²) in [6.45, 7) is 0.744. The van der Waals surface area contributed by atoms with E-state index in [2.05, 4.69) is 12.1 Å². The number of amides is 1. The Kier molecular flexibility index (Phi) is 5.83. The molecule has 1 aromatic heterocycles. The number of carbonyl (C=O) groups is 1. The molecule has 0 bridgehead atoms. The fourth-order valence-electron chi connectivity index (χ4n) is 3.72. The highest BCUT2D eigenvalue weighted by molar-refractivity contribution is 7.91. The normalized spacial score (nSPS) is 18.9. The third kappa shape index (κ3) is 4.60. The highest BCUT2D eigenvalue weighted by atomic mass is 32.2. The Hall–Kier alpha value is -2.44. The van der Waals surface area contributed by atoms with E-state index in [4.69, 9.17) is 0 Å². The van der Waals surface area contributed by atoms with Crippen LogP contribution in [0.5, 0.6) is 0 Å². The molecule has 1 atom stereocenters. The molecule has 29 heavy (non-hydrogen) atoms. The van der Waals surface area contributed by atoms with Crippen LogP contribution in [0.1, 0.15) is 22.1 Å². The number of hydrogen-bond donors (Lipinski definition) is 0. The topological polar surface area (TPSA) is 54.5 Å². The molecule has 0 saturated carbocycles. The molecule has 1 unspecified atom stereocenters. The highest BCUT2D eigenvalue weighted by Gasteiger charge is 2.33. The van der Waals surface area contributed by atoms with Gasteiger partial charge in [0.2, 0.25) is 5.91 Å². The highest BCUT2D eigenvalue weighted by Crippen LogP contribution is 2.32. The summed E-state index contributed by atoms with van der Waals surface area (Å²) in [4.78, 5) is 15.4. The van der Waals surface area contributed by atoms with Crippen LogP contribution in [-0.4, -0.2) is 38.1 Å². The van der Waals surface area contributed by atoms with Gasteiger partial charge in [0, 0.05) is 18.0 Å². The Morgan fingerprint density at radius 1 is 0.931 bits per heavy atom. The molecule has 4 nitrogen and oxygen atoms in total. The fourth-order valence-corrected chi connectivity index (χ4v) is 6.72. The molecular weight excluding hydrogens is 402 g/mol. The van der Waals surface area contributed by atoms with Gasteiger partial charge in [-0.1, -0.05) is 60.7 Å². The maximum atomic E-state index is 12.8. The quantitative estimate of drug-likeness (QED) is 0.625. The van der Waals surface area contributed by atoms with Crippen molar-refractivity contribution in [1.29, 1.82) is 0 Å². The van der Waals surface area contributed by atoms with Crippen molar-refractivity contribution in [2.45, 2.75) is 18.1 Å². The SMILES string of the molecule is O=C(Cc1ccc(-c2ccccc2)cc1)N1CCC(c2cccs2)S(=O)(=O)CC1. The van der Waals surface area contributed by atoms with Gasteiger partial charge < -0.3 is 4.90 Å². The first-order chi connectivity index (χ1) is 14.0. The van der Waals surface area contributed by atoms with Gasteiger partial charge in [0.15, 0.2) is 9.84 Å². The summed E-state index contributed by atoms with van der Waals surface area (Å²) in [5.41, 5.74) is 3.20. The van der Waals surface area contributed by atoms with E-state index in [9.17, 15) is 13.2 Å². The van der Waals surface area contributed by atoms with Crippen molar-refractivity contribution in [1.82, 2.24) is 4.90 Å². The van der Waals surface area contributed by atoms with E-state index in [0.29, 0.717) is 19.4 Å². The molecule has 1 amide bonds. The Labute approximate surface area is 175 Å². The molecule has 2 aromatic carbocycles. The first-order valence-electron chi connectivity index (χ1n) is 9.70. The van der Waals surface area contributed by atoms with Gasteiger partial charge in [-0.05, 0) is 34.6 Å². The van der Waals surface area contributed by atoms with Crippen LogP contribution in [0.15, 0.2) is 72.1 Å². The van der Waals surface area contributed by atoms with E-state index >= 15 is 0 Å². The van der Waals surface area contributed by atoms with Crippen LogP contribution in [-0.2, 0) is 21.1 Å². The van der Waals surface area contributed by atoms with E-state index in [0.717, 1.165) is 21.6 Å². The number of sulfone groups is 1. The summed E-state index contributed by atoms with van der Waals surface area (Å²) in [5, 5.41) is 1.41. The van der Waals surface area contributed by atoms with Crippen molar-refractivity contribution in [3.05, 3.63) is 82.6 Å². The first kappa shape index (κ1) is 19.9. The van der Waals surface area contributed by atoms with Gasteiger partial charge in [0.25, 0.3) is 0 Å². The number of hydrogen-bond acceptors (Lipinski definition) is 4. The second-order valence-corrected chi connectivity index (χ2v) is 10.6. The van der Waals surface area contributed by atoms with Gasteiger partial charge in [0.05, 0.1) is 17.4 Å². The van der Waals surface area contributed by atoms with Crippen LogP contribution >= 0.6 is 11.3 Å². The monoisotopic (exact) mass is 425 g/mol. The Morgan fingerprint density at radius 3 is 2.34 bits per heavy atom. The van der Waals surface area contributed by atoms with Gasteiger partial charge in [-0.15, -0.1) is 11.3 Å². The van der Waals surface area contributed by atoms with Crippen LogP contribution in [0.2, 0.25) is 0 Å². The van der Waals surface area contributed by atoms with Crippen molar-refractivity contribution in [3.8, 4) is 11.1 Å². The standard InChI is InChI=1S/C23H23NO3S2/c25-23(17-18-8-10-20(11-9-18)19-5-2-1-3-6-19)24-13-12-22(21-7-4-15-28-21)29(26,27)16-14-24/h1-11,15,22H,12-14,16-17H2. The summed E-state index contributed by atoms with van der Waals surface area (Å²) >= 11 is 1.47. The summed E-state index contributed by atoms with van der Waals surface area (Å²) in [6.07, 6.45) is 0.750. The van der Waals surface area contributed by atoms with Crippen LogP contribution < -0.4 is 0 Å². The lowest BCUT2D eigenvalue weighted by atomic mass is 10.0. The van der Waals surface area contributed by atoms with E-state index < -0.39 is 15.1 Å². The summed E-state index contributed by atoms with van der Waals surface area (Å²) in [6, 6.07) is 21.9. The van der Waals surface area contributed by atoms with E-state index in [1.165, 1.54) is 11.3 Å². The average Bonchev–Trinajstić information content (AvgIpc) is 3.20. The fraction of sp³-hybridized carbons (Fsp3) is 0.261. The summed E-state index contributed by atoms with van der Waals surface area (Å²) in [5.74, 6) is 0.00771. The van der Waals surface area contributed by atoms with Gasteiger partial charge in [-0.2, -0.15) is 0 Å². The molecular formula is C23H23NO3S2. The van der Waals surface area contributed by atoms with Crippen molar-refractivity contribution in [2.24, 2.45) is 0 Å². The number of carbonyl (C=O) groups excluding carboxylic acids is 1. The van der Waals surface area contributed by atoms with E-state index in [1.54, 1.807) is 4.90 Å². The number of rotatable bonds is 4. The second-order valence-electron chi connectivity index (χ2n) is 7.28. The minimum atomic E-state index is -3.24. The maximum Gasteiger partial charge on any atom is 0.227 e. The van der Waals surface area contributed by atoms with Crippen molar-refractivity contribution >= 4 is 27.1 Å². The van der Waals surface area contributed by atoms with E-state index in [-0.39, 0.29) is 18.2 Å². The van der Waals surface area contributed by atoms with Crippen molar-refractivity contribution < 1.29 is 13.2 Å². The van der Waals surface area contributed by atoms with Gasteiger partial charge >= 0.3 is 0 Å². The summed E-state index contributed by atoms with van der Waals surface area (Å²) < 4.78 is 25.3. The molecule has 1 aliphatic heterocycles. The van der Waals surface area contributed by atoms with Crippen LogP contribution in [0, 0.1) is 0 Å². The van der Waals surface area contributed by atoms with Crippen molar-refractivity contribution in [3.63, 3.8) is 0 Å². The zero-order valence-corrected chi connectivity index (χ0v) is 17.7. The minimum Gasteiger partial charge on any atom is -0.341 e. The third-order valence-electron chi connectivity index (χ3n) is 5.37. The number of benzene rings is 2. The molecule has 1 saturated heterocycles. The number of thiophene rings is 1. The lowest BCUT2D eigenvalue weighted by Gasteiger charge is -2.20. The van der Waals surface area contributed by atoms with E-state index in [1.807, 2.05) is 60.0 Å². The molecule has 0 radical (unpaired) electrons. The molecule has 1 fully saturated rings. The maximum absolute atomic E-state index is 12.8. The lowest BCUT2D eigenvalue weighted by molar-refractivity contribution is -0.130. The molecule has 4 rings (SSSR count). The molecule has 6 heteroatoms. The Balaban J connectivity index is 1.42. The molecule has 2 heterocycles. The predicted molar refractivity (Wildman–Crippen MR) is 118 cm³/mol. The molecule has 150 valence electrons. The Morgan fingerprint density at radius 2 is 1.66 bits per heavy atom. The lowest BCUT2D eigenvalue weighted by Crippen LogP contribution is -2.34. The molecule has 0 aliphatic carbocycles. The third-order valence-corrected chi connectivity index (χ3v) is 8.61. The smallest absolute Gasteiger partial charge is 0.227 e. The van der Waals surface area contributed by atoms with Crippen molar-refractivity contribution in [2.75, 3.05) is 18.8 Å². The number of nitrogens with zero attached hydrogens (tertiary/aromatic N) is 1. The largest absolute Gasteiger partial charge is 0.341 e. The zero-order valence-electron chi connectivity index (χ0n) is 16.0. The molecule has 0 N–H and O–H groups in total. The summed E-state index contributed by atoms with van der Waals surface area (Å²) in [7, 11) is -3.24. The molecule has 1 aliphatic rings. The zero-order chi connectivity index (χ0) is 20.3. The minimum absolute atomic E-state index is 0.0144. The predicted octanol–water partition coefficient (Wildman–Crippen LogP) is 4.35. The van der Waals surface area contributed by atoms with Gasteiger partial charge in [0.1, 0.15) is 0 Å². The Bertz CT molecular complexity index is 1060. The molecule has 0 spiro atoms. The first-order valence-corrected chi connectivity index (χ1v) is 12.3. The van der Waals surface area contributed by atoms with Gasteiger partial charge in [-0.25, -0.2) is 8.42 Å². The van der Waals surface area contributed by atoms with Gasteiger partial charge in [-0.3, -0.25) is 4.79 Å². The molecule has 3 aromatic rings. The average molecular weight is 426 g/mol. The van der Waals surface area contributed by atoms with Crippen LogP contribution in [0.3, 0.4) is 0 Å². The second kappa shape index (κ2) is 8.51. The van der Waals surface area contributed by atoms with Crippen LogP contribution in [0.4, 0.5) is 0 Å². The van der Waals surface area contributed by atoms with Crippen LogP contribution in [0.25, 0.3) is 11.1 Å².